The van der Waals surface area contributed by atoms with Crippen molar-refractivity contribution in [3.63, 3.8) is 0 Å². The molecule has 0 saturated heterocycles. The number of nitrogens with zero attached hydrogens (tertiary/aromatic N) is 1. The Kier molecular flexibility index (Phi) is 1.88. The average Bonchev–Trinajstić information content (AvgIpc) is 1.61. The Morgan fingerprint density at radius 3 is 2.44 bits per heavy atom. The van der Waals surface area contributed by atoms with E-state index in [4.69, 9.17) is 23.2 Å². The van der Waals surface area contributed by atoms with E-state index in [0.29, 0.717) is 17.6 Å². The third-order valence-electron chi connectivity index (χ3n) is 0.985. The van der Waals surface area contributed by atoms with E-state index in [9.17, 15) is 4.79 Å². The van der Waals surface area contributed by atoms with Crippen LogP contribution < -0.4 is 0 Å². The van der Waals surface area contributed by atoms with Gasteiger partial charge in [-0.05, 0) is 0 Å². The second-order valence-corrected chi connectivity index (χ2v) is 2.61. The van der Waals surface area contributed by atoms with Crippen LogP contribution in [0.1, 0.15) is 0 Å². The molecule has 1 heterocycles. The summed E-state index contributed by atoms with van der Waals surface area (Å²) in [5.74, 6) is 0. The topological polar surface area (TPSA) is 29.4 Å². The van der Waals surface area contributed by atoms with Gasteiger partial charge in [0.15, 0.2) is 6.29 Å². The van der Waals surface area contributed by atoms with E-state index in [0.717, 1.165) is 0 Å². The van der Waals surface area contributed by atoms with Gasteiger partial charge in [0.1, 0.15) is 10.5 Å². The first kappa shape index (κ1) is 6.78. The van der Waals surface area contributed by atoms with E-state index in [1.165, 1.54) is 6.21 Å². The number of aldehydes is 1. The molecule has 0 amide bonds. The van der Waals surface area contributed by atoms with Gasteiger partial charge in [0.05, 0.1) is 0 Å². The Bertz CT molecular complexity index is 191. The van der Waals surface area contributed by atoms with E-state index < -0.39 is 4.84 Å². The number of hydrogen-bond acceptors (Lipinski definition) is 2. The van der Waals surface area contributed by atoms with Crippen molar-refractivity contribution < 1.29 is 4.79 Å². The van der Waals surface area contributed by atoms with Gasteiger partial charge in [0.2, 0.25) is 0 Å². The zero-order valence-electron chi connectivity index (χ0n) is 4.34. The summed E-state index contributed by atoms with van der Waals surface area (Å²) in [4.78, 5) is 13.0. The van der Waals surface area contributed by atoms with Gasteiger partial charge < -0.3 is 0 Å². The number of aliphatic imine (C=N–C) groups is 1. The summed E-state index contributed by atoms with van der Waals surface area (Å²) >= 11 is 10.8. The largest absolute Gasteiger partial charge is 0.296 e. The Morgan fingerprint density at radius 1 is 1.67 bits per heavy atom. The monoisotopic (exact) mass is 163 g/mol. The predicted molar refractivity (Wildman–Crippen MR) is 37.1 cm³/mol. The molecule has 0 saturated carbocycles. The molecule has 9 heavy (non-hydrogen) atoms. The molecule has 0 aromatic rings. The highest BCUT2D eigenvalue weighted by Gasteiger charge is 2.16. The molecule has 0 atom stereocenters. The minimum absolute atomic E-state index is 0.352. The zero-order chi connectivity index (χ0) is 6.85. The molecule has 0 spiro atoms. The molecular weight excluding hydrogens is 161 g/mol. The van der Waals surface area contributed by atoms with Crippen LogP contribution in [0.5, 0.6) is 0 Å². The summed E-state index contributed by atoms with van der Waals surface area (Å²) in [5, 5.41) is 0. The number of carbonyl (C=O) groups is 1. The standard InChI is InChI=1S/C5H3Cl2NO/c6-5(7)3-1-8-4(3)2-9/h1-2,5H. The summed E-state index contributed by atoms with van der Waals surface area (Å²) in [5.41, 5.74) is 0.957. The highest BCUT2D eigenvalue weighted by molar-refractivity contribution is 6.48. The van der Waals surface area contributed by atoms with Crippen molar-refractivity contribution in [2.75, 3.05) is 0 Å². The molecule has 0 bridgehead atoms. The summed E-state index contributed by atoms with van der Waals surface area (Å²) in [6.45, 7) is 0. The van der Waals surface area contributed by atoms with Crippen molar-refractivity contribution in [2.24, 2.45) is 4.99 Å². The van der Waals surface area contributed by atoms with Gasteiger partial charge in [-0.15, -0.1) is 0 Å². The lowest BCUT2D eigenvalue weighted by Gasteiger charge is -2.09. The smallest absolute Gasteiger partial charge is 0.168 e. The van der Waals surface area contributed by atoms with Crippen LogP contribution in [0.3, 0.4) is 0 Å². The maximum Gasteiger partial charge on any atom is 0.168 e. The predicted octanol–water partition coefficient (Wildman–Crippen LogP) is 1.33. The van der Waals surface area contributed by atoms with Gasteiger partial charge >= 0.3 is 0 Å². The summed E-state index contributed by atoms with van der Waals surface area (Å²) < 4.78 is 0. The molecular formula is C5H3Cl2NO. The summed E-state index contributed by atoms with van der Waals surface area (Å²) in [7, 11) is 0. The minimum Gasteiger partial charge on any atom is -0.296 e. The Hall–Kier alpha value is -0.340. The molecule has 0 aromatic heterocycles. The quantitative estimate of drug-likeness (QED) is 0.447. The highest BCUT2D eigenvalue weighted by atomic mass is 35.5. The van der Waals surface area contributed by atoms with Crippen LogP contribution in [0.15, 0.2) is 16.3 Å². The molecule has 0 aromatic carbocycles. The lowest BCUT2D eigenvalue weighted by molar-refractivity contribution is -0.105. The fourth-order valence-corrected chi connectivity index (χ4v) is 0.816. The molecule has 1 aliphatic heterocycles. The summed E-state index contributed by atoms with van der Waals surface area (Å²) in [6.07, 6.45) is 2.11. The van der Waals surface area contributed by atoms with Crippen LogP contribution >= 0.6 is 23.2 Å². The molecule has 48 valence electrons. The van der Waals surface area contributed by atoms with Crippen molar-refractivity contribution in [3.8, 4) is 0 Å². The first-order valence-electron chi connectivity index (χ1n) is 2.27. The number of halogens is 2. The number of alkyl halides is 2. The average molecular weight is 164 g/mol. The third kappa shape index (κ3) is 1.14. The lowest BCUT2D eigenvalue weighted by Crippen LogP contribution is -2.08. The first-order valence-corrected chi connectivity index (χ1v) is 3.14. The zero-order valence-corrected chi connectivity index (χ0v) is 5.86. The van der Waals surface area contributed by atoms with E-state index in [1.54, 1.807) is 0 Å². The van der Waals surface area contributed by atoms with Gasteiger partial charge in [0.25, 0.3) is 0 Å². The molecule has 0 aliphatic carbocycles. The van der Waals surface area contributed by atoms with Crippen LogP contribution in [0.25, 0.3) is 0 Å². The van der Waals surface area contributed by atoms with Crippen molar-refractivity contribution >= 4 is 35.7 Å². The lowest BCUT2D eigenvalue weighted by atomic mass is 10.2. The van der Waals surface area contributed by atoms with Crippen molar-refractivity contribution in [1.29, 1.82) is 0 Å². The molecule has 4 heteroatoms. The minimum atomic E-state index is -0.623. The number of carbonyl (C=O) groups excluding carboxylic acids is 1. The van der Waals surface area contributed by atoms with Gasteiger partial charge in [0, 0.05) is 11.8 Å². The number of rotatable bonds is 2. The fourth-order valence-electron chi connectivity index (χ4n) is 0.480. The molecule has 2 nitrogen and oxygen atoms in total. The summed E-state index contributed by atoms with van der Waals surface area (Å²) in [6, 6.07) is 0. The molecule has 0 fully saturated rings. The normalized spacial score (nSPS) is 16.3. The van der Waals surface area contributed by atoms with Gasteiger partial charge in [-0.3, -0.25) is 9.79 Å². The van der Waals surface area contributed by atoms with Crippen molar-refractivity contribution in [3.05, 3.63) is 11.3 Å². The molecule has 0 unspecified atom stereocenters. The maximum atomic E-state index is 10.0. The van der Waals surface area contributed by atoms with Crippen LogP contribution in [0, 0.1) is 0 Å². The fraction of sp³-hybridized carbons (Fsp3) is 0.200. The second kappa shape index (κ2) is 2.50. The molecule has 1 rings (SSSR count). The highest BCUT2D eigenvalue weighted by Crippen LogP contribution is 2.21. The molecule has 0 radical (unpaired) electrons. The SMILES string of the molecule is O=CC1=C(C(Cl)Cl)C=N1. The third-order valence-corrected chi connectivity index (χ3v) is 1.46. The Morgan fingerprint density at radius 2 is 2.33 bits per heavy atom. The molecule has 0 N–H and O–H groups in total. The van der Waals surface area contributed by atoms with Gasteiger partial charge in [-0.2, -0.15) is 0 Å². The van der Waals surface area contributed by atoms with E-state index in [1.807, 2.05) is 0 Å². The number of allylic oxidation sites excluding steroid dienone is 2. The van der Waals surface area contributed by atoms with Gasteiger partial charge in [-0.1, -0.05) is 23.2 Å². The van der Waals surface area contributed by atoms with E-state index >= 15 is 0 Å². The van der Waals surface area contributed by atoms with Crippen LogP contribution in [-0.4, -0.2) is 17.3 Å². The van der Waals surface area contributed by atoms with E-state index in [-0.39, 0.29) is 0 Å². The number of hydrogen-bond donors (Lipinski definition) is 0. The second-order valence-electron chi connectivity index (χ2n) is 1.52. The molecule has 1 aliphatic rings. The maximum absolute atomic E-state index is 10.0. The van der Waals surface area contributed by atoms with Crippen molar-refractivity contribution in [1.82, 2.24) is 0 Å². The Balaban J connectivity index is 2.71. The van der Waals surface area contributed by atoms with Crippen LogP contribution in [-0.2, 0) is 4.79 Å². The van der Waals surface area contributed by atoms with E-state index in [2.05, 4.69) is 4.99 Å². The van der Waals surface area contributed by atoms with Crippen LogP contribution in [0.4, 0.5) is 0 Å². The van der Waals surface area contributed by atoms with Crippen molar-refractivity contribution in [2.45, 2.75) is 4.84 Å². The Labute approximate surface area is 62.2 Å². The van der Waals surface area contributed by atoms with Crippen LogP contribution in [0.2, 0.25) is 0 Å². The van der Waals surface area contributed by atoms with Gasteiger partial charge in [-0.25, -0.2) is 0 Å². The first-order chi connectivity index (χ1) is 4.25.